The first kappa shape index (κ1) is 14.0. The molecule has 3 rings (SSSR count). The SMILES string of the molecule is O=C(c1cccc(F)c1Cl)C1CCOC2(CCCC2)C1. The predicted octanol–water partition coefficient (Wildman–Crippen LogP) is 4.40. The smallest absolute Gasteiger partial charge is 0.167 e. The third-order valence-electron chi connectivity index (χ3n) is 4.60. The van der Waals surface area contributed by atoms with E-state index in [0.717, 1.165) is 19.3 Å². The number of Topliss-reactive ketones (excluding diaryl/α,β-unsaturated/α-hetero) is 1. The van der Waals surface area contributed by atoms with Crippen molar-refractivity contribution in [1.29, 1.82) is 0 Å². The maximum atomic E-state index is 13.5. The molecule has 20 heavy (non-hydrogen) atoms. The Morgan fingerprint density at radius 3 is 2.85 bits per heavy atom. The molecule has 1 unspecified atom stereocenters. The highest BCUT2D eigenvalue weighted by atomic mass is 35.5. The molecule has 2 fully saturated rings. The van der Waals surface area contributed by atoms with Gasteiger partial charge < -0.3 is 4.74 Å². The van der Waals surface area contributed by atoms with Crippen LogP contribution < -0.4 is 0 Å². The van der Waals surface area contributed by atoms with Gasteiger partial charge in [0.25, 0.3) is 0 Å². The number of halogens is 2. The van der Waals surface area contributed by atoms with Gasteiger partial charge >= 0.3 is 0 Å². The van der Waals surface area contributed by atoms with E-state index < -0.39 is 5.82 Å². The molecule has 1 heterocycles. The fraction of sp³-hybridized carbons (Fsp3) is 0.562. The maximum absolute atomic E-state index is 13.5. The van der Waals surface area contributed by atoms with Crippen molar-refractivity contribution in [3.05, 3.63) is 34.6 Å². The summed E-state index contributed by atoms with van der Waals surface area (Å²) in [4.78, 5) is 12.6. The maximum Gasteiger partial charge on any atom is 0.167 e. The van der Waals surface area contributed by atoms with Crippen LogP contribution in [0.4, 0.5) is 4.39 Å². The Balaban J connectivity index is 1.81. The lowest BCUT2D eigenvalue weighted by Crippen LogP contribution is -2.39. The summed E-state index contributed by atoms with van der Waals surface area (Å²) in [5.41, 5.74) is 0.199. The minimum atomic E-state index is -0.528. The Kier molecular flexibility index (Phi) is 3.83. The van der Waals surface area contributed by atoms with Gasteiger partial charge in [0.05, 0.1) is 10.6 Å². The van der Waals surface area contributed by atoms with Crippen molar-refractivity contribution in [2.75, 3.05) is 6.61 Å². The topological polar surface area (TPSA) is 26.3 Å². The molecule has 1 saturated heterocycles. The number of carbonyl (C=O) groups excluding carboxylic acids is 1. The van der Waals surface area contributed by atoms with Crippen LogP contribution >= 0.6 is 11.6 Å². The quantitative estimate of drug-likeness (QED) is 0.756. The molecule has 0 bridgehead atoms. The fourth-order valence-corrected chi connectivity index (χ4v) is 3.75. The van der Waals surface area contributed by atoms with Crippen molar-refractivity contribution in [2.24, 2.45) is 5.92 Å². The van der Waals surface area contributed by atoms with Crippen LogP contribution in [0.15, 0.2) is 18.2 Å². The lowest BCUT2D eigenvalue weighted by molar-refractivity contribution is -0.0866. The van der Waals surface area contributed by atoms with E-state index in [1.807, 2.05) is 0 Å². The van der Waals surface area contributed by atoms with Gasteiger partial charge in [-0.1, -0.05) is 30.5 Å². The third-order valence-corrected chi connectivity index (χ3v) is 4.98. The van der Waals surface area contributed by atoms with E-state index in [2.05, 4.69) is 0 Å². The number of rotatable bonds is 2. The summed E-state index contributed by atoms with van der Waals surface area (Å²) in [7, 11) is 0. The highest BCUT2D eigenvalue weighted by Gasteiger charge is 2.42. The first-order chi connectivity index (χ1) is 9.61. The second-order valence-electron chi connectivity index (χ2n) is 5.89. The zero-order chi connectivity index (χ0) is 14.2. The molecule has 108 valence electrons. The first-order valence-corrected chi connectivity index (χ1v) is 7.61. The van der Waals surface area contributed by atoms with Gasteiger partial charge in [0.15, 0.2) is 5.78 Å². The molecule has 1 atom stereocenters. The molecule has 1 aliphatic heterocycles. The van der Waals surface area contributed by atoms with Crippen LogP contribution in [0.25, 0.3) is 0 Å². The van der Waals surface area contributed by atoms with Crippen LogP contribution in [0, 0.1) is 11.7 Å². The minimum Gasteiger partial charge on any atom is -0.375 e. The van der Waals surface area contributed by atoms with E-state index in [1.54, 1.807) is 12.1 Å². The lowest BCUT2D eigenvalue weighted by atomic mass is 9.80. The summed E-state index contributed by atoms with van der Waals surface area (Å²) in [6, 6.07) is 4.44. The molecular formula is C16H18ClFO2. The summed E-state index contributed by atoms with van der Waals surface area (Å²) in [5.74, 6) is -0.662. The van der Waals surface area contributed by atoms with Gasteiger partial charge in [0.1, 0.15) is 5.82 Å². The zero-order valence-electron chi connectivity index (χ0n) is 11.3. The normalized spacial score (nSPS) is 25.0. The van der Waals surface area contributed by atoms with Gasteiger partial charge in [-0.05, 0) is 37.8 Å². The van der Waals surface area contributed by atoms with Gasteiger partial charge in [-0.15, -0.1) is 0 Å². The van der Waals surface area contributed by atoms with Gasteiger partial charge in [0.2, 0.25) is 0 Å². The van der Waals surface area contributed by atoms with Crippen molar-refractivity contribution in [3.63, 3.8) is 0 Å². The van der Waals surface area contributed by atoms with E-state index in [1.165, 1.54) is 18.9 Å². The molecule has 1 aliphatic carbocycles. The Hall–Kier alpha value is -0.930. The van der Waals surface area contributed by atoms with E-state index in [4.69, 9.17) is 16.3 Å². The highest BCUT2D eigenvalue weighted by molar-refractivity contribution is 6.34. The van der Waals surface area contributed by atoms with Gasteiger partial charge in [0, 0.05) is 18.1 Å². The van der Waals surface area contributed by atoms with Crippen LogP contribution in [0.2, 0.25) is 5.02 Å². The highest BCUT2D eigenvalue weighted by Crippen LogP contribution is 2.43. The Morgan fingerprint density at radius 2 is 2.10 bits per heavy atom. The predicted molar refractivity (Wildman–Crippen MR) is 75.6 cm³/mol. The summed E-state index contributed by atoms with van der Waals surface area (Å²) in [6.45, 7) is 0.614. The Morgan fingerprint density at radius 1 is 1.35 bits per heavy atom. The molecular weight excluding hydrogens is 279 g/mol. The average Bonchev–Trinajstić information content (AvgIpc) is 2.89. The third kappa shape index (κ3) is 2.49. The minimum absolute atomic E-state index is 0.0379. The van der Waals surface area contributed by atoms with Crippen molar-refractivity contribution in [1.82, 2.24) is 0 Å². The second-order valence-corrected chi connectivity index (χ2v) is 6.27. The second kappa shape index (κ2) is 5.45. The van der Waals surface area contributed by atoms with Crippen molar-refractivity contribution in [3.8, 4) is 0 Å². The molecule has 1 spiro atoms. The first-order valence-electron chi connectivity index (χ1n) is 7.23. The van der Waals surface area contributed by atoms with Gasteiger partial charge in [-0.25, -0.2) is 4.39 Å². The summed E-state index contributed by atoms with van der Waals surface area (Å²) in [5, 5.41) is -0.0514. The molecule has 1 saturated carbocycles. The molecule has 0 radical (unpaired) electrons. The Labute approximate surface area is 123 Å². The molecule has 0 aromatic heterocycles. The number of ketones is 1. The molecule has 1 aromatic rings. The Bertz CT molecular complexity index is 523. The lowest BCUT2D eigenvalue weighted by Gasteiger charge is -2.37. The van der Waals surface area contributed by atoms with Gasteiger partial charge in [-0.3, -0.25) is 4.79 Å². The van der Waals surface area contributed by atoms with Gasteiger partial charge in [-0.2, -0.15) is 0 Å². The molecule has 2 aliphatic rings. The molecule has 1 aromatic carbocycles. The van der Waals surface area contributed by atoms with E-state index >= 15 is 0 Å². The van der Waals surface area contributed by atoms with Crippen LogP contribution in [0.1, 0.15) is 48.9 Å². The van der Waals surface area contributed by atoms with E-state index in [0.29, 0.717) is 18.6 Å². The number of hydrogen-bond acceptors (Lipinski definition) is 2. The van der Waals surface area contributed by atoms with E-state index in [9.17, 15) is 9.18 Å². The summed E-state index contributed by atoms with van der Waals surface area (Å²) in [6.07, 6.45) is 5.86. The van der Waals surface area contributed by atoms with Crippen LogP contribution in [-0.4, -0.2) is 18.0 Å². The largest absolute Gasteiger partial charge is 0.375 e. The zero-order valence-corrected chi connectivity index (χ0v) is 12.1. The van der Waals surface area contributed by atoms with Crippen molar-refractivity contribution >= 4 is 17.4 Å². The van der Waals surface area contributed by atoms with Crippen LogP contribution in [0.3, 0.4) is 0 Å². The van der Waals surface area contributed by atoms with E-state index in [-0.39, 0.29) is 22.3 Å². The van der Waals surface area contributed by atoms with Crippen molar-refractivity contribution in [2.45, 2.75) is 44.1 Å². The fourth-order valence-electron chi connectivity index (χ4n) is 3.53. The molecule has 4 heteroatoms. The standard InChI is InChI=1S/C16H18ClFO2/c17-14-12(4-3-5-13(14)18)15(19)11-6-9-20-16(10-11)7-1-2-8-16/h3-5,11H,1-2,6-10H2. The van der Waals surface area contributed by atoms with Crippen molar-refractivity contribution < 1.29 is 13.9 Å². The molecule has 0 amide bonds. The monoisotopic (exact) mass is 296 g/mol. The van der Waals surface area contributed by atoms with Crippen LogP contribution in [0.5, 0.6) is 0 Å². The molecule has 2 nitrogen and oxygen atoms in total. The number of benzene rings is 1. The number of ether oxygens (including phenoxy) is 1. The average molecular weight is 297 g/mol. The number of carbonyl (C=O) groups is 1. The summed E-state index contributed by atoms with van der Waals surface area (Å²) < 4.78 is 19.4. The van der Waals surface area contributed by atoms with Crippen LogP contribution in [-0.2, 0) is 4.74 Å². The summed E-state index contributed by atoms with van der Waals surface area (Å²) >= 11 is 5.93. The number of hydrogen-bond donors (Lipinski definition) is 0. The molecule has 0 N–H and O–H groups in total.